The van der Waals surface area contributed by atoms with Crippen molar-refractivity contribution in [2.75, 3.05) is 13.2 Å². The molecule has 0 radical (unpaired) electrons. The van der Waals surface area contributed by atoms with Crippen molar-refractivity contribution in [1.82, 2.24) is 0 Å². The van der Waals surface area contributed by atoms with Crippen LogP contribution < -0.4 is 10.5 Å². The van der Waals surface area contributed by atoms with Crippen LogP contribution in [0.3, 0.4) is 0 Å². The number of hydrogen-bond donors (Lipinski definition) is 1. The molecule has 2 aromatic rings. The summed E-state index contributed by atoms with van der Waals surface area (Å²) in [7, 11) is 0. The summed E-state index contributed by atoms with van der Waals surface area (Å²) < 4.78 is 18.5. The van der Waals surface area contributed by atoms with Crippen LogP contribution in [0.4, 0.5) is 4.39 Å². The molecule has 0 saturated carbocycles. The van der Waals surface area contributed by atoms with Gasteiger partial charge in [0.25, 0.3) is 0 Å². The number of benzene rings is 2. The first kappa shape index (κ1) is 12.2. The molecular formula is C16H16FNO. The van der Waals surface area contributed by atoms with Crippen molar-refractivity contribution in [3.05, 3.63) is 65.0 Å². The molecule has 98 valence electrons. The molecule has 0 spiro atoms. The molecule has 19 heavy (non-hydrogen) atoms. The topological polar surface area (TPSA) is 35.2 Å². The number of hydrogen-bond acceptors (Lipinski definition) is 2. The van der Waals surface area contributed by atoms with Gasteiger partial charge >= 0.3 is 0 Å². The van der Waals surface area contributed by atoms with Gasteiger partial charge in [0, 0.05) is 18.9 Å². The minimum Gasteiger partial charge on any atom is -0.493 e. The smallest absolute Gasteiger partial charge is 0.123 e. The number of halogens is 1. The van der Waals surface area contributed by atoms with Crippen molar-refractivity contribution < 1.29 is 9.13 Å². The maximum Gasteiger partial charge on any atom is 0.123 e. The van der Waals surface area contributed by atoms with Crippen molar-refractivity contribution in [3.63, 3.8) is 0 Å². The largest absolute Gasteiger partial charge is 0.493 e. The Kier molecular flexibility index (Phi) is 3.22. The van der Waals surface area contributed by atoms with Gasteiger partial charge in [-0.25, -0.2) is 4.39 Å². The Hall–Kier alpha value is -1.87. The van der Waals surface area contributed by atoms with E-state index in [1.807, 2.05) is 12.1 Å². The number of ether oxygens (including phenoxy) is 1. The maximum atomic E-state index is 13.0. The molecule has 0 bridgehead atoms. The summed E-state index contributed by atoms with van der Waals surface area (Å²) in [5.41, 5.74) is 9.34. The van der Waals surface area contributed by atoms with Crippen molar-refractivity contribution in [1.29, 1.82) is 0 Å². The second kappa shape index (κ2) is 5.02. The molecule has 0 aliphatic carbocycles. The van der Waals surface area contributed by atoms with E-state index in [-0.39, 0.29) is 11.7 Å². The number of rotatable bonds is 3. The molecule has 0 fully saturated rings. The van der Waals surface area contributed by atoms with Gasteiger partial charge in [-0.2, -0.15) is 0 Å². The average Bonchev–Trinajstić information content (AvgIpc) is 2.89. The van der Waals surface area contributed by atoms with Crippen molar-refractivity contribution >= 4 is 0 Å². The number of nitrogens with two attached hydrogens (primary N) is 1. The van der Waals surface area contributed by atoms with Gasteiger partial charge in [0.2, 0.25) is 0 Å². The minimum absolute atomic E-state index is 0.103. The van der Waals surface area contributed by atoms with E-state index in [0.717, 1.165) is 24.3 Å². The molecule has 1 aliphatic rings. The predicted octanol–water partition coefficient (Wildman–Crippen LogP) is 2.85. The van der Waals surface area contributed by atoms with E-state index in [1.54, 1.807) is 12.1 Å². The molecule has 3 rings (SSSR count). The average molecular weight is 257 g/mol. The molecule has 0 amide bonds. The minimum atomic E-state index is -0.220. The first-order chi connectivity index (χ1) is 9.28. The zero-order chi connectivity index (χ0) is 13.2. The van der Waals surface area contributed by atoms with E-state index in [2.05, 4.69) is 6.07 Å². The Bertz CT molecular complexity index is 580. The Morgan fingerprint density at radius 2 is 1.84 bits per heavy atom. The standard InChI is InChI=1S/C16H16FNO/c17-14-4-1-11(2-5-14)15(10-18)12-3-6-16-13(9-12)7-8-19-16/h1-6,9,15H,7-8,10,18H2. The molecule has 2 aromatic carbocycles. The molecule has 1 aliphatic heterocycles. The Morgan fingerprint density at radius 1 is 1.11 bits per heavy atom. The van der Waals surface area contributed by atoms with Crippen LogP contribution in [0.15, 0.2) is 42.5 Å². The van der Waals surface area contributed by atoms with E-state index in [1.165, 1.54) is 23.3 Å². The van der Waals surface area contributed by atoms with E-state index in [4.69, 9.17) is 10.5 Å². The highest BCUT2D eigenvalue weighted by Crippen LogP contribution is 2.31. The normalized spacial score (nSPS) is 14.8. The van der Waals surface area contributed by atoms with Crippen molar-refractivity contribution in [3.8, 4) is 5.75 Å². The Balaban J connectivity index is 1.96. The monoisotopic (exact) mass is 257 g/mol. The highest BCUT2D eigenvalue weighted by molar-refractivity contribution is 5.43. The van der Waals surface area contributed by atoms with E-state index >= 15 is 0 Å². The molecular weight excluding hydrogens is 241 g/mol. The molecule has 2 nitrogen and oxygen atoms in total. The zero-order valence-corrected chi connectivity index (χ0v) is 10.6. The fourth-order valence-electron chi connectivity index (χ4n) is 2.58. The van der Waals surface area contributed by atoms with Crippen LogP contribution in [0, 0.1) is 5.82 Å². The van der Waals surface area contributed by atoms with Crippen LogP contribution in [-0.4, -0.2) is 13.2 Å². The van der Waals surface area contributed by atoms with E-state index < -0.39 is 0 Å². The molecule has 1 atom stereocenters. The van der Waals surface area contributed by atoms with E-state index in [0.29, 0.717) is 6.54 Å². The molecule has 0 aromatic heterocycles. The second-order valence-corrected chi connectivity index (χ2v) is 4.81. The van der Waals surface area contributed by atoms with Gasteiger partial charge in [-0.1, -0.05) is 24.3 Å². The summed E-state index contributed by atoms with van der Waals surface area (Å²) in [6.45, 7) is 1.26. The first-order valence-corrected chi connectivity index (χ1v) is 6.49. The lowest BCUT2D eigenvalue weighted by molar-refractivity contribution is 0.357. The van der Waals surface area contributed by atoms with Gasteiger partial charge in [0.05, 0.1) is 6.61 Å². The lowest BCUT2D eigenvalue weighted by atomic mass is 9.90. The fraction of sp³-hybridized carbons (Fsp3) is 0.250. The van der Waals surface area contributed by atoms with E-state index in [9.17, 15) is 4.39 Å². The summed E-state index contributed by atoms with van der Waals surface area (Å²) in [6.07, 6.45) is 0.948. The van der Waals surface area contributed by atoms with Crippen LogP contribution in [-0.2, 0) is 6.42 Å². The zero-order valence-electron chi connectivity index (χ0n) is 10.6. The summed E-state index contributed by atoms with van der Waals surface area (Å²) >= 11 is 0. The highest BCUT2D eigenvalue weighted by atomic mass is 19.1. The van der Waals surface area contributed by atoms with Crippen molar-refractivity contribution in [2.45, 2.75) is 12.3 Å². The maximum absolute atomic E-state index is 13.0. The third-order valence-corrected chi connectivity index (χ3v) is 3.62. The third-order valence-electron chi connectivity index (χ3n) is 3.62. The molecule has 2 N–H and O–H groups in total. The first-order valence-electron chi connectivity index (χ1n) is 6.49. The molecule has 1 heterocycles. The molecule has 3 heteroatoms. The van der Waals surface area contributed by atoms with Crippen LogP contribution >= 0.6 is 0 Å². The predicted molar refractivity (Wildman–Crippen MR) is 72.9 cm³/mol. The molecule has 0 saturated heterocycles. The Labute approximate surface area is 112 Å². The van der Waals surface area contributed by atoms with Gasteiger partial charge < -0.3 is 10.5 Å². The van der Waals surface area contributed by atoms with Gasteiger partial charge in [-0.3, -0.25) is 0 Å². The highest BCUT2D eigenvalue weighted by Gasteiger charge is 2.17. The summed E-state index contributed by atoms with van der Waals surface area (Å²) in [5, 5.41) is 0. The van der Waals surface area contributed by atoms with Crippen LogP contribution in [0.1, 0.15) is 22.6 Å². The lowest BCUT2D eigenvalue weighted by Crippen LogP contribution is -2.14. The quantitative estimate of drug-likeness (QED) is 0.917. The summed E-state index contributed by atoms with van der Waals surface area (Å²) in [5.74, 6) is 0.854. The summed E-state index contributed by atoms with van der Waals surface area (Å²) in [6, 6.07) is 12.8. The summed E-state index contributed by atoms with van der Waals surface area (Å²) in [4.78, 5) is 0. The van der Waals surface area contributed by atoms with Crippen LogP contribution in [0.5, 0.6) is 5.75 Å². The number of fused-ring (bicyclic) bond motifs is 1. The van der Waals surface area contributed by atoms with Crippen molar-refractivity contribution in [2.24, 2.45) is 5.73 Å². The van der Waals surface area contributed by atoms with Gasteiger partial charge in [-0.05, 0) is 34.9 Å². The Morgan fingerprint density at radius 3 is 2.58 bits per heavy atom. The van der Waals surface area contributed by atoms with Crippen LogP contribution in [0.2, 0.25) is 0 Å². The third kappa shape index (κ3) is 2.34. The van der Waals surface area contributed by atoms with Crippen LogP contribution in [0.25, 0.3) is 0 Å². The molecule has 1 unspecified atom stereocenters. The fourth-order valence-corrected chi connectivity index (χ4v) is 2.58. The second-order valence-electron chi connectivity index (χ2n) is 4.81. The lowest BCUT2D eigenvalue weighted by Gasteiger charge is -2.16. The van der Waals surface area contributed by atoms with Gasteiger partial charge in [0.1, 0.15) is 11.6 Å². The van der Waals surface area contributed by atoms with Gasteiger partial charge in [-0.15, -0.1) is 0 Å². The van der Waals surface area contributed by atoms with Gasteiger partial charge in [0.15, 0.2) is 0 Å². The SMILES string of the molecule is NCC(c1ccc(F)cc1)c1ccc2c(c1)CCO2.